The van der Waals surface area contributed by atoms with Gasteiger partial charge in [-0.25, -0.2) is 9.97 Å². The van der Waals surface area contributed by atoms with Crippen molar-refractivity contribution in [3.63, 3.8) is 0 Å². The number of benzene rings is 1. The van der Waals surface area contributed by atoms with Gasteiger partial charge in [0, 0.05) is 25.8 Å². The van der Waals surface area contributed by atoms with Crippen LogP contribution >= 0.6 is 0 Å². The second kappa shape index (κ2) is 6.46. The standard InChI is InChI=1S/C20H19N3O3/c1-2-18(24-7-1)20-21-11-15-5-6-23(13-16(15)22-20)12-14-3-4-17-19(10-14)26-9-8-25-17/h1-4,7,10-11H,5-6,8-9,12-13H2. The van der Waals surface area contributed by atoms with E-state index < -0.39 is 0 Å². The van der Waals surface area contributed by atoms with E-state index >= 15 is 0 Å². The fraction of sp³-hybridized carbons (Fsp3) is 0.300. The Morgan fingerprint density at radius 1 is 1.08 bits per heavy atom. The Bertz CT molecular complexity index is 924. The Morgan fingerprint density at radius 3 is 2.88 bits per heavy atom. The predicted molar refractivity (Wildman–Crippen MR) is 95.0 cm³/mol. The monoisotopic (exact) mass is 349 g/mol. The topological polar surface area (TPSA) is 60.6 Å². The molecule has 0 radical (unpaired) electrons. The van der Waals surface area contributed by atoms with Crippen LogP contribution in [-0.2, 0) is 19.5 Å². The van der Waals surface area contributed by atoms with Gasteiger partial charge in [0.15, 0.2) is 23.1 Å². The highest BCUT2D eigenvalue weighted by Crippen LogP contribution is 2.31. The van der Waals surface area contributed by atoms with Gasteiger partial charge in [0.05, 0.1) is 12.0 Å². The van der Waals surface area contributed by atoms with Crippen LogP contribution in [0.25, 0.3) is 11.6 Å². The molecule has 2 aliphatic heterocycles. The lowest BCUT2D eigenvalue weighted by molar-refractivity contribution is 0.171. The second-order valence-electron chi connectivity index (χ2n) is 6.58. The van der Waals surface area contributed by atoms with Gasteiger partial charge in [-0.2, -0.15) is 0 Å². The number of hydrogen-bond acceptors (Lipinski definition) is 6. The van der Waals surface area contributed by atoms with Crippen molar-refractivity contribution in [2.24, 2.45) is 0 Å². The third kappa shape index (κ3) is 2.93. The molecule has 132 valence electrons. The highest BCUT2D eigenvalue weighted by atomic mass is 16.6. The van der Waals surface area contributed by atoms with E-state index in [2.05, 4.69) is 22.0 Å². The molecule has 0 N–H and O–H groups in total. The summed E-state index contributed by atoms with van der Waals surface area (Å²) < 4.78 is 16.7. The van der Waals surface area contributed by atoms with Gasteiger partial charge in [-0.1, -0.05) is 6.07 Å². The first-order valence-electron chi connectivity index (χ1n) is 8.85. The molecule has 4 heterocycles. The highest BCUT2D eigenvalue weighted by molar-refractivity contribution is 5.47. The summed E-state index contributed by atoms with van der Waals surface area (Å²) in [5.74, 6) is 3.03. The van der Waals surface area contributed by atoms with Crippen LogP contribution in [0.5, 0.6) is 11.5 Å². The van der Waals surface area contributed by atoms with Gasteiger partial charge in [0.2, 0.25) is 0 Å². The van der Waals surface area contributed by atoms with Gasteiger partial charge in [0.1, 0.15) is 13.2 Å². The van der Waals surface area contributed by atoms with E-state index in [-0.39, 0.29) is 0 Å². The first-order valence-corrected chi connectivity index (χ1v) is 8.85. The van der Waals surface area contributed by atoms with E-state index in [1.165, 1.54) is 11.1 Å². The molecule has 0 saturated heterocycles. The summed E-state index contributed by atoms with van der Waals surface area (Å²) in [5.41, 5.74) is 3.52. The molecule has 6 heteroatoms. The van der Waals surface area contributed by atoms with E-state index in [0.717, 1.165) is 43.2 Å². The van der Waals surface area contributed by atoms with Crippen LogP contribution in [0.15, 0.2) is 47.2 Å². The number of hydrogen-bond donors (Lipinski definition) is 0. The maximum atomic E-state index is 5.69. The Hall–Kier alpha value is -2.86. The van der Waals surface area contributed by atoms with Crippen LogP contribution in [0.1, 0.15) is 16.8 Å². The Labute approximate surface area is 151 Å². The van der Waals surface area contributed by atoms with Crippen LogP contribution < -0.4 is 9.47 Å². The molecule has 0 amide bonds. The minimum atomic E-state index is 0.611. The van der Waals surface area contributed by atoms with Crippen LogP contribution in [0, 0.1) is 0 Å². The summed E-state index contributed by atoms with van der Waals surface area (Å²) in [5, 5.41) is 0. The fourth-order valence-electron chi connectivity index (χ4n) is 3.46. The maximum Gasteiger partial charge on any atom is 0.195 e. The Kier molecular flexibility index (Phi) is 3.83. The highest BCUT2D eigenvalue weighted by Gasteiger charge is 2.20. The first-order chi connectivity index (χ1) is 12.8. The SMILES string of the molecule is c1coc(-c2ncc3c(n2)CN(Cc2ccc4c(c2)OCCO4)CC3)c1. The minimum absolute atomic E-state index is 0.611. The molecule has 6 nitrogen and oxygen atoms in total. The van der Waals surface area contributed by atoms with Crippen LogP contribution in [0.2, 0.25) is 0 Å². The van der Waals surface area contributed by atoms with Crippen LogP contribution in [-0.4, -0.2) is 34.6 Å². The van der Waals surface area contributed by atoms with Gasteiger partial charge in [-0.3, -0.25) is 4.90 Å². The van der Waals surface area contributed by atoms with Crippen LogP contribution in [0.3, 0.4) is 0 Å². The van der Waals surface area contributed by atoms with E-state index in [1.54, 1.807) is 6.26 Å². The first kappa shape index (κ1) is 15.4. The normalized spacial score (nSPS) is 16.3. The molecule has 2 aromatic heterocycles. The summed E-state index contributed by atoms with van der Waals surface area (Å²) in [4.78, 5) is 11.6. The third-order valence-corrected chi connectivity index (χ3v) is 4.78. The summed E-state index contributed by atoms with van der Waals surface area (Å²) >= 11 is 0. The van der Waals surface area contributed by atoms with E-state index in [9.17, 15) is 0 Å². The third-order valence-electron chi connectivity index (χ3n) is 4.78. The van der Waals surface area contributed by atoms with E-state index in [0.29, 0.717) is 24.8 Å². The zero-order chi connectivity index (χ0) is 17.3. The molecular weight excluding hydrogens is 330 g/mol. The average molecular weight is 349 g/mol. The zero-order valence-corrected chi connectivity index (χ0v) is 14.4. The number of aromatic nitrogens is 2. The lowest BCUT2D eigenvalue weighted by Gasteiger charge is -2.28. The molecule has 26 heavy (non-hydrogen) atoms. The lowest BCUT2D eigenvalue weighted by atomic mass is 10.1. The van der Waals surface area contributed by atoms with Crippen molar-refractivity contribution >= 4 is 0 Å². The molecule has 1 aromatic carbocycles. The van der Waals surface area contributed by atoms with Gasteiger partial charge < -0.3 is 13.9 Å². The summed E-state index contributed by atoms with van der Waals surface area (Å²) in [6, 6.07) is 9.93. The lowest BCUT2D eigenvalue weighted by Crippen LogP contribution is -2.31. The molecule has 0 spiro atoms. The predicted octanol–water partition coefficient (Wildman–Crippen LogP) is 3.07. The van der Waals surface area contributed by atoms with Crippen molar-refractivity contribution in [1.29, 1.82) is 0 Å². The smallest absolute Gasteiger partial charge is 0.195 e. The van der Waals surface area contributed by atoms with Crippen molar-refractivity contribution in [1.82, 2.24) is 14.9 Å². The Morgan fingerprint density at radius 2 is 2.00 bits per heavy atom. The van der Waals surface area contributed by atoms with Gasteiger partial charge >= 0.3 is 0 Å². The van der Waals surface area contributed by atoms with Crippen molar-refractivity contribution in [2.45, 2.75) is 19.5 Å². The van der Waals surface area contributed by atoms with E-state index in [4.69, 9.17) is 18.9 Å². The second-order valence-corrected chi connectivity index (χ2v) is 6.58. The molecule has 0 aliphatic carbocycles. The molecule has 0 atom stereocenters. The summed E-state index contributed by atoms with van der Waals surface area (Å²) in [6.07, 6.45) is 4.53. The molecule has 0 bridgehead atoms. The van der Waals surface area contributed by atoms with Crippen molar-refractivity contribution in [3.05, 3.63) is 59.6 Å². The average Bonchev–Trinajstić information content (AvgIpc) is 3.22. The summed E-state index contributed by atoms with van der Waals surface area (Å²) in [7, 11) is 0. The van der Waals surface area contributed by atoms with Crippen LogP contribution in [0.4, 0.5) is 0 Å². The fourth-order valence-corrected chi connectivity index (χ4v) is 3.46. The van der Waals surface area contributed by atoms with Gasteiger partial charge in [-0.15, -0.1) is 0 Å². The largest absolute Gasteiger partial charge is 0.486 e. The molecule has 0 saturated carbocycles. The molecular formula is C20H19N3O3. The van der Waals surface area contributed by atoms with Gasteiger partial charge in [-0.05, 0) is 41.8 Å². The molecule has 0 fully saturated rings. The zero-order valence-electron chi connectivity index (χ0n) is 14.4. The minimum Gasteiger partial charge on any atom is -0.486 e. The van der Waals surface area contributed by atoms with Crippen molar-refractivity contribution < 1.29 is 13.9 Å². The number of fused-ring (bicyclic) bond motifs is 2. The number of rotatable bonds is 3. The quantitative estimate of drug-likeness (QED) is 0.724. The van der Waals surface area contributed by atoms with Crippen molar-refractivity contribution in [2.75, 3.05) is 19.8 Å². The number of ether oxygens (including phenoxy) is 2. The molecule has 3 aromatic rings. The molecule has 5 rings (SSSR count). The maximum absolute atomic E-state index is 5.69. The Balaban J connectivity index is 1.34. The summed E-state index contributed by atoms with van der Waals surface area (Å²) in [6.45, 7) is 3.88. The van der Waals surface area contributed by atoms with E-state index in [1.807, 2.05) is 24.4 Å². The molecule has 0 unspecified atom stereocenters. The number of nitrogens with zero attached hydrogens (tertiary/aromatic N) is 3. The number of furan rings is 1. The van der Waals surface area contributed by atoms with Gasteiger partial charge in [0.25, 0.3) is 0 Å². The molecule has 2 aliphatic rings. The van der Waals surface area contributed by atoms with Crippen molar-refractivity contribution in [3.8, 4) is 23.1 Å².